The Hall–Kier alpha value is -0.580. The zero-order valence-electron chi connectivity index (χ0n) is 11.9. The zero-order chi connectivity index (χ0) is 14.1. The standard InChI is InChI=1S/C16H22BrNO2/c1-10-7-12(17)8-11(9-18-13-5-6-13)16(10)20-15-4-2-3-14(15)19/h7-8,13-15,18-19H,2-6,9H2,1H3. The van der Waals surface area contributed by atoms with Crippen LogP contribution in [0.5, 0.6) is 5.75 Å². The number of aliphatic hydroxyl groups is 1. The van der Waals surface area contributed by atoms with Crippen LogP contribution in [-0.4, -0.2) is 23.4 Å². The maximum Gasteiger partial charge on any atom is 0.127 e. The monoisotopic (exact) mass is 339 g/mol. The molecule has 2 unspecified atom stereocenters. The summed E-state index contributed by atoms with van der Waals surface area (Å²) >= 11 is 3.56. The highest BCUT2D eigenvalue weighted by atomic mass is 79.9. The molecule has 0 aliphatic heterocycles. The van der Waals surface area contributed by atoms with Crippen molar-refractivity contribution in [2.45, 2.75) is 63.8 Å². The summed E-state index contributed by atoms with van der Waals surface area (Å²) in [4.78, 5) is 0. The van der Waals surface area contributed by atoms with Gasteiger partial charge in [-0.25, -0.2) is 0 Å². The van der Waals surface area contributed by atoms with Crippen LogP contribution in [0.1, 0.15) is 43.2 Å². The van der Waals surface area contributed by atoms with Gasteiger partial charge in [0.05, 0.1) is 6.10 Å². The van der Waals surface area contributed by atoms with E-state index in [4.69, 9.17) is 4.74 Å². The number of nitrogens with one attached hydrogen (secondary N) is 1. The van der Waals surface area contributed by atoms with E-state index in [0.29, 0.717) is 6.04 Å². The molecule has 2 fully saturated rings. The van der Waals surface area contributed by atoms with E-state index in [1.165, 1.54) is 18.4 Å². The molecule has 3 rings (SSSR count). The average Bonchev–Trinajstić information content (AvgIpc) is 3.14. The van der Waals surface area contributed by atoms with Crippen molar-refractivity contribution < 1.29 is 9.84 Å². The van der Waals surface area contributed by atoms with Crippen LogP contribution in [0.3, 0.4) is 0 Å². The van der Waals surface area contributed by atoms with Crippen molar-refractivity contribution in [3.05, 3.63) is 27.7 Å². The van der Waals surface area contributed by atoms with E-state index in [9.17, 15) is 5.11 Å². The Morgan fingerprint density at radius 1 is 1.30 bits per heavy atom. The van der Waals surface area contributed by atoms with Crippen molar-refractivity contribution in [1.29, 1.82) is 0 Å². The molecular weight excluding hydrogens is 318 g/mol. The van der Waals surface area contributed by atoms with Crippen LogP contribution in [0.2, 0.25) is 0 Å². The van der Waals surface area contributed by atoms with Gasteiger partial charge in [-0.1, -0.05) is 15.9 Å². The fourth-order valence-corrected chi connectivity index (χ4v) is 3.46. The van der Waals surface area contributed by atoms with Gasteiger partial charge < -0.3 is 15.2 Å². The van der Waals surface area contributed by atoms with Crippen LogP contribution in [-0.2, 0) is 6.54 Å². The molecule has 2 aliphatic rings. The molecule has 0 aromatic heterocycles. The summed E-state index contributed by atoms with van der Waals surface area (Å²) in [5.41, 5.74) is 2.31. The van der Waals surface area contributed by atoms with Gasteiger partial charge >= 0.3 is 0 Å². The number of hydrogen-bond donors (Lipinski definition) is 2. The van der Waals surface area contributed by atoms with E-state index in [2.05, 4.69) is 40.3 Å². The predicted molar refractivity (Wildman–Crippen MR) is 83.0 cm³/mol. The van der Waals surface area contributed by atoms with Crippen molar-refractivity contribution >= 4 is 15.9 Å². The Kier molecular flexibility index (Phi) is 4.34. The Labute approximate surface area is 128 Å². The minimum Gasteiger partial charge on any atom is -0.487 e. The zero-order valence-corrected chi connectivity index (χ0v) is 13.4. The largest absolute Gasteiger partial charge is 0.487 e. The third-order valence-corrected chi connectivity index (χ3v) is 4.62. The highest BCUT2D eigenvalue weighted by molar-refractivity contribution is 9.10. The van der Waals surface area contributed by atoms with Crippen molar-refractivity contribution in [3.63, 3.8) is 0 Å². The van der Waals surface area contributed by atoms with Crippen LogP contribution in [0.4, 0.5) is 0 Å². The lowest BCUT2D eigenvalue weighted by atomic mass is 10.1. The van der Waals surface area contributed by atoms with E-state index >= 15 is 0 Å². The fraction of sp³-hybridized carbons (Fsp3) is 0.625. The maximum absolute atomic E-state index is 9.96. The van der Waals surface area contributed by atoms with E-state index in [1.54, 1.807) is 0 Å². The van der Waals surface area contributed by atoms with Gasteiger partial charge in [-0.15, -0.1) is 0 Å². The third-order valence-electron chi connectivity index (χ3n) is 4.16. The highest BCUT2D eigenvalue weighted by Gasteiger charge is 2.28. The summed E-state index contributed by atoms with van der Waals surface area (Å²) in [5, 5.41) is 13.5. The van der Waals surface area contributed by atoms with E-state index in [0.717, 1.165) is 41.6 Å². The van der Waals surface area contributed by atoms with Gasteiger partial charge in [-0.3, -0.25) is 0 Å². The minimum absolute atomic E-state index is 0.0467. The molecule has 3 nitrogen and oxygen atoms in total. The van der Waals surface area contributed by atoms with Gasteiger partial charge in [0.2, 0.25) is 0 Å². The Morgan fingerprint density at radius 3 is 2.75 bits per heavy atom. The molecule has 2 atom stereocenters. The average molecular weight is 340 g/mol. The molecule has 110 valence electrons. The van der Waals surface area contributed by atoms with E-state index in [1.807, 2.05) is 0 Å². The molecule has 0 spiro atoms. The number of halogens is 1. The number of aryl methyl sites for hydroxylation is 1. The maximum atomic E-state index is 9.96. The molecule has 0 bridgehead atoms. The summed E-state index contributed by atoms with van der Waals surface area (Å²) in [7, 11) is 0. The van der Waals surface area contributed by atoms with Crippen LogP contribution in [0.25, 0.3) is 0 Å². The molecule has 20 heavy (non-hydrogen) atoms. The number of aliphatic hydroxyl groups excluding tert-OH is 1. The molecular formula is C16H22BrNO2. The highest BCUT2D eigenvalue weighted by Crippen LogP contribution is 2.33. The van der Waals surface area contributed by atoms with E-state index in [-0.39, 0.29) is 12.2 Å². The molecule has 2 aliphatic carbocycles. The molecule has 0 saturated heterocycles. The van der Waals surface area contributed by atoms with Gasteiger partial charge in [0.15, 0.2) is 0 Å². The summed E-state index contributed by atoms with van der Waals surface area (Å²) in [6.07, 6.45) is 5.06. The lowest BCUT2D eigenvalue weighted by Crippen LogP contribution is -2.27. The number of rotatable bonds is 5. The summed E-state index contributed by atoms with van der Waals surface area (Å²) in [6, 6.07) is 4.88. The van der Waals surface area contributed by atoms with Gasteiger partial charge in [0.25, 0.3) is 0 Å². The van der Waals surface area contributed by atoms with Gasteiger partial charge in [-0.05, 0) is 56.7 Å². The van der Waals surface area contributed by atoms with Crippen LogP contribution < -0.4 is 10.1 Å². The smallest absolute Gasteiger partial charge is 0.127 e. The SMILES string of the molecule is Cc1cc(Br)cc(CNC2CC2)c1OC1CCCC1O. The Balaban J connectivity index is 1.78. The first-order valence-corrected chi connectivity index (χ1v) is 8.30. The molecule has 0 amide bonds. The molecule has 2 saturated carbocycles. The topological polar surface area (TPSA) is 41.5 Å². The van der Waals surface area contributed by atoms with Gasteiger partial charge in [0, 0.05) is 22.6 Å². The first-order valence-electron chi connectivity index (χ1n) is 7.50. The van der Waals surface area contributed by atoms with Crippen molar-refractivity contribution in [1.82, 2.24) is 5.32 Å². The number of ether oxygens (including phenoxy) is 1. The second kappa shape index (κ2) is 6.04. The van der Waals surface area contributed by atoms with Crippen molar-refractivity contribution in [3.8, 4) is 5.75 Å². The summed E-state index contributed by atoms with van der Waals surface area (Å²) in [5.74, 6) is 0.951. The van der Waals surface area contributed by atoms with Crippen molar-refractivity contribution in [2.24, 2.45) is 0 Å². The Morgan fingerprint density at radius 2 is 2.10 bits per heavy atom. The lowest BCUT2D eigenvalue weighted by Gasteiger charge is -2.22. The summed E-state index contributed by atoms with van der Waals surface area (Å²) in [6.45, 7) is 2.91. The van der Waals surface area contributed by atoms with Crippen molar-refractivity contribution in [2.75, 3.05) is 0 Å². The second-order valence-corrected chi connectivity index (χ2v) is 6.94. The lowest BCUT2D eigenvalue weighted by molar-refractivity contribution is 0.0592. The molecule has 0 heterocycles. The first kappa shape index (κ1) is 14.4. The molecule has 1 aromatic carbocycles. The molecule has 2 N–H and O–H groups in total. The third kappa shape index (κ3) is 3.35. The summed E-state index contributed by atoms with van der Waals surface area (Å²) < 4.78 is 7.23. The number of hydrogen-bond acceptors (Lipinski definition) is 3. The Bertz CT molecular complexity index is 488. The first-order chi connectivity index (χ1) is 9.63. The van der Waals surface area contributed by atoms with Gasteiger partial charge in [-0.2, -0.15) is 0 Å². The minimum atomic E-state index is -0.317. The predicted octanol–water partition coefficient (Wildman–Crippen LogP) is 3.30. The van der Waals surface area contributed by atoms with E-state index < -0.39 is 0 Å². The van der Waals surface area contributed by atoms with Gasteiger partial charge in [0.1, 0.15) is 11.9 Å². The van der Waals surface area contributed by atoms with Crippen LogP contribution in [0, 0.1) is 6.92 Å². The molecule has 4 heteroatoms. The van der Waals surface area contributed by atoms with Crippen LogP contribution >= 0.6 is 15.9 Å². The quantitative estimate of drug-likeness (QED) is 0.864. The molecule has 1 aromatic rings. The fourth-order valence-electron chi connectivity index (χ4n) is 2.84. The van der Waals surface area contributed by atoms with Crippen LogP contribution in [0.15, 0.2) is 16.6 Å². The molecule has 0 radical (unpaired) electrons. The second-order valence-electron chi connectivity index (χ2n) is 6.02. The normalized spacial score (nSPS) is 25.9. The number of benzene rings is 1.